The molecule has 2 heterocycles. The summed E-state index contributed by atoms with van der Waals surface area (Å²) in [4.78, 5) is 40.2. The number of carbonyl (C=O) groups excluding carboxylic acids is 1. The highest BCUT2D eigenvalue weighted by atomic mass is 35.5. The second kappa shape index (κ2) is 12.5. The van der Waals surface area contributed by atoms with E-state index in [4.69, 9.17) is 31.0 Å². The predicted octanol–water partition coefficient (Wildman–Crippen LogP) is -0.296. The number of carbonyl (C=O) groups is 1. The summed E-state index contributed by atoms with van der Waals surface area (Å²) in [5.41, 5.74) is 1.65. The van der Waals surface area contributed by atoms with Gasteiger partial charge in [-0.1, -0.05) is 12.8 Å². The monoisotopic (exact) mass is 582 g/mol. The van der Waals surface area contributed by atoms with E-state index in [1.165, 1.54) is 0 Å². The summed E-state index contributed by atoms with van der Waals surface area (Å²) in [5.74, 6) is -1.00. The molecule has 1 saturated carbocycles. The van der Waals surface area contributed by atoms with Crippen LogP contribution in [0.15, 0.2) is 5.10 Å². The first-order chi connectivity index (χ1) is 17.9. The molecule has 1 aliphatic heterocycles. The van der Waals surface area contributed by atoms with Crippen molar-refractivity contribution in [2.45, 2.75) is 68.5 Å². The fourth-order valence-electron chi connectivity index (χ4n) is 4.42. The minimum Gasteiger partial charge on any atom is -0.387 e. The van der Waals surface area contributed by atoms with Gasteiger partial charge in [0.1, 0.15) is 24.1 Å². The zero-order valence-electron chi connectivity index (χ0n) is 20.7. The van der Waals surface area contributed by atoms with Gasteiger partial charge in [0, 0.05) is 25.4 Å². The van der Waals surface area contributed by atoms with Gasteiger partial charge in [0.15, 0.2) is 12.0 Å². The molecular formula is C20H32ClN6O10P. The van der Waals surface area contributed by atoms with Crippen LogP contribution in [-0.4, -0.2) is 104 Å². The molecule has 1 aromatic heterocycles. The van der Waals surface area contributed by atoms with Gasteiger partial charge >= 0.3 is 7.60 Å². The molecule has 0 spiro atoms. The average Bonchev–Trinajstić information content (AvgIpc) is 3.47. The number of hydrazone groups is 1. The smallest absolute Gasteiger partial charge is 0.369 e. The number of aliphatic hydroxyl groups excluding tert-OH is 2. The molecule has 1 amide bonds. The first-order valence-corrected chi connectivity index (χ1v) is 13.6. The number of halogens is 1. The Morgan fingerprint density at radius 1 is 1.32 bits per heavy atom. The average molecular weight is 583 g/mol. The topological polar surface area (TPSA) is 228 Å². The van der Waals surface area contributed by atoms with Crippen molar-refractivity contribution in [2.75, 3.05) is 30.6 Å². The number of nitrogens with one attached hydrogen (secondary N) is 2. The van der Waals surface area contributed by atoms with Gasteiger partial charge in [-0.05, 0) is 31.4 Å². The lowest BCUT2D eigenvalue weighted by molar-refractivity contribution is -0.159. The van der Waals surface area contributed by atoms with Gasteiger partial charge in [-0.15, -0.1) is 0 Å². The van der Waals surface area contributed by atoms with Crippen molar-refractivity contribution in [3.63, 3.8) is 0 Å². The highest BCUT2D eigenvalue weighted by Gasteiger charge is 2.57. The molecular weight excluding hydrogens is 551 g/mol. The van der Waals surface area contributed by atoms with Crippen LogP contribution in [0.1, 0.15) is 31.2 Å². The first kappa shape index (κ1) is 30.6. The molecule has 1 aliphatic carbocycles. The zero-order chi connectivity index (χ0) is 28.3. The lowest BCUT2D eigenvalue weighted by atomic mass is 10.1. The van der Waals surface area contributed by atoms with E-state index in [2.05, 4.69) is 27.1 Å². The SMILES string of the molecule is C=NN(c1nc(Cl)nc(NC2CCCC2)c1C)[C@@H]1O[C@H](COC(COC)(C(=O)NO)P(=O)(O)O)[C@@H](O)[C@H]1O. The quantitative estimate of drug-likeness (QED) is 0.0552. The number of methoxy groups -OCH3 is 1. The Morgan fingerprint density at radius 2 is 1.97 bits per heavy atom. The van der Waals surface area contributed by atoms with E-state index in [1.54, 1.807) is 6.92 Å². The van der Waals surface area contributed by atoms with Gasteiger partial charge in [0.05, 0.1) is 13.2 Å². The number of hydroxylamine groups is 1. The molecule has 1 aromatic rings. The standard InChI is InChI=1S/C20H32ClN6O10P/c1-10-15(23-11-6-4-5-7-11)24-19(21)25-16(10)27(22-2)17-14(29)13(28)12(37-17)8-36-20(9-35-3,18(30)26-31)38(32,33)34/h11-14,17,28-29,31H,2,4-9H2,1,3H3,(H,26,30)(H,23,24,25)(H2,32,33,34)/t12-,13-,14-,17-,20?/m1/s1. The van der Waals surface area contributed by atoms with Gasteiger partial charge in [-0.3, -0.25) is 14.6 Å². The summed E-state index contributed by atoms with van der Waals surface area (Å²) in [6, 6.07) is 0.201. The van der Waals surface area contributed by atoms with Crippen molar-refractivity contribution in [1.82, 2.24) is 15.4 Å². The molecule has 1 unspecified atom stereocenters. The Morgan fingerprint density at radius 3 is 2.53 bits per heavy atom. The van der Waals surface area contributed by atoms with Crippen LogP contribution in [0.4, 0.5) is 11.6 Å². The molecule has 5 atom stereocenters. The van der Waals surface area contributed by atoms with Gasteiger partial charge in [-0.2, -0.15) is 10.1 Å². The maximum Gasteiger partial charge on any atom is 0.369 e. The molecule has 0 bridgehead atoms. The maximum absolute atomic E-state index is 12.2. The Labute approximate surface area is 223 Å². The van der Waals surface area contributed by atoms with Crippen LogP contribution in [0.2, 0.25) is 5.28 Å². The Kier molecular flexibility index (Phi) is 10.0. The Bertz CT molecular complexity index is 1060. The van der Waals surface area contributed by atoms with Crippen LogP contribution < -0.4 is 15.8 Å². The predicted molar refractivity (Wildman–Crippen MR) is 133 cm³/mol. The summed E-state index contributed by atoms with van der Waals surface area (Å²) < 4.78 is 27.8. The number of nitrogens with zero attached hydrogens (tertiary/aromatic N) is 4. The number of hydrogen-bond acceptors (Lipinski definition) is 13. The van der Waals surface area contributed by atoms with Gasteiger partial charge < -0.3 is 39.5 Å². The van der Waals surface area contributed by atoms with Crippen LogP contribution in [0.25, 0.3) is 0 Å². The van der Waals surface area contributed by atoms with Gasteiger partial charge in [0.2, 0.25) is 5.28 Å². The molecule has 2 fully saturated rings. The van der Waals surface area contributed by atoms with Crippen LogP contribution >= 0.6 is 19.2 Å². The second-order valence-corrected chi connectivity index (χ2v) is 11.1. The van der Waals surface area contributed by atoms with E-state index >= 15 is 0 Å². The minimum atomic E-state index is -5.40. The van der Waals surface area contributed by atoms with E-state index in [-0.39, 0.29) is 17.1 Å². The van der Waals surface area contributed by atoms with Gasteiger partial charge in [-0.25, -0.2) is 15.5 Å². The third-order valence-corrected chi connectivity index (χ3v) is 8.06. The van der Waals surface area contributed by atoms with Crippen LogP contribution in [0.5, 0.6) is 0 Å². The van der Waals surface area contributed by atoms with Crippen molar-refractivity contribution in [3.05, 3.63) is 10.8 Å². The van der Waals surface area contributed by atoms with Gasteiger partial charge in [0.25, 0.3) is 11.2 Å². The maximum atomic E-state index is 12.2. The van der Waals surface area contributed by atoms with Crippen molar-refractivity contribution in [1.29, 1.82) is 0 Å². The highest BCUT2D eigenvalue weighted by molar-refractivity contribution is 7.54. The molecule has 18 heteroatoms. The molecule has 3 rings (SSSR count). The molecule has 0 aromatic carbocycles. The van der Waals surface area contributed by atoms with E-state index < -0.39 is 56.6 Å². The van der Waals surface area contributed by atoms with E-state index in [0.717, 1.165) is 43.3 Å². The zero-order valence-corrected chi connectivity index (χ0v) is 22.4. The van der Waals surface area contributed by atoms with Crippen LogP contribution in [0, 0.1) is 6.92 Å². The lowest BCUT2D eigenvalue weighted by Crippen LogP contribution is -2.52. The number of rotatable bonds is 12. The first-order valence-electron chi connectivity index (χ1n) is 11.6. The minimum absolute atomic E-state index is 0.117. The number of amides is 1. The van der Waals surface area contributed by atoms with Crippen molar-refractivity contribution >= 4 is 43.5 Å². The molecule has 16 nitrogen and oxygen atoms in total. The van der Waals surface area contributed by atoms with Crippen molar-refractivity contribution in [2.24, 2.45) is 5.10 Å². The fraction of sp³-hybridized carbons (Fsp3) is 0.700. The summed E-state index contributed by atoms with van der Waals surface area (Å²) in [6.45, 7) is 3.44. The fourth-order valence-corrected chi connectivity index (χ4v) is 5.44. The molecule has 1 saturated heterocycles. The molecule has 7 N–H and O–H groups in total. The Hall–Kier alpha value is -1.98. The summed E-state index contributed by atoms with van der Waals surface area (Å²) >= 11 is 6.16. The number of ether oxygens (including phenoxy) is 3. The summed E-state index contributed by atoms with van der Waals surface area (Å²) in [5, 5.41) is 35.6. The second-order valence-electron chi connectivity index (χ2n) is 8.96. The van der Waals surface area contributed by atoms with E-state index in [1.807, 2.05) is 0 Å². The molecule has 38 heavy (non-hydrogen) atoms. The largest absolute Gasteiger partial charge is 0.387 e. The summed E-state index contributed by atoms with van der Waals surface area (Å²) in [6.07, 6.45) is -2.00. The van der Waals surface area contributed by atoms with Crippen molar-refractivity contribution < 1.29 is 48.8 Å². The number of anilines is 2. The molecule has 214 valence electrons. The van der Waals surface area contributed by atoms with Crippen LogP contribution in [0.3, 0.4) is 0 Å². The van der Waals surface area contributed by atoms with Crippen LogP contribution in [-0.2, 0) is 23.6 Å². The lowest BCUT2D eigenvalue weighted by Gasteiger charge is -2.32. The summed E-state index contributed by atoms with van der Waals surface area (Å²) in [7, 11) is -4.35. The van der Waals surface area contributed by atoms with Crippen molar-refractivity contribution in [3.8, 4) is 0 Å². The normalized spacial score (nSPS) is 25.7. The molecule has 2 aliphatic rings. The number of hydrogen-bond donors (Lipinski definition) is 7. The Balaban J connectivity index is 1.85. The van der Waals surface area contributed by atoms with E-state index in [9.17, 15) is 29.4 Å². The van der Waals surface area contributed by atoms with E-state index in [0.29, 0.717) is 11.4 Å². The third-order valence-electron chi connectivity index (χ3n) is 6.49. The third kappa shape index (κ3) is 6.09. The molecule has 0 radical (unpaired) electrons. The highest BCUT2D eigenvalue weighted by Crippen LogP contribution is 2.52. The number of aliphatic hydroxyl groups is 2. The number of aromatic nitrogens is 2.